The summed E-state index contributed by atoms with van der Waals surface area (Å²) in [6.45, 7) is 0.902. The molecule has 3 amide bonds. The Hall–Kier alpha value is -1.34. The van der Waals surface area contributed by atoms with Crippen molar-refractivity contribution in [3.63, 3.8) is 0 Å². The van der Waals surface area contributed by atoms with Gasteiger partial charge >= 0.3 is 12.0 Å². The fraction of sp³-hybridized carbons (Fsp3) is 0.700. The van der Waals surface area contributed by atoms with Gasteiger partial charge in [-0.1, -0.05) is 0 Å². The largest absolute Gasteiger partial charge is 0.469 e. The normalized spacial score (nSPS) is 19.2. The lowest BCUT2D eigenvalue weighted by Gasteiger charge is -2.32. The van der Waals surface area contributed by atoms with Crippen molar-refractivity contribution in [1.82, 2.24) is 10.2 Å². The molecule has 0 saturated carbocycles. The predicted octanol–water partition coefficient (Wildman–Crippen LogP) is -0.275. The fourth-order valence-electron chi connectivity index (χ4n) is 1.53. The van der Waals surface area contributed by atoms with Gasteiger partial charge in [-0.25, -0.2) is 4.79 Å². The second kappa shape index (κ2) is 7.17. The summed E-state index contributed by atoms with van der Waals surface area (Å²) in [6.07, 6.45) is -0.341. The maximum absolute atomic E-state index is 11.6. The SMILES string of the molecule is COC(=O)CC1CN(C(=O)NC(=O)CCl)CCO1. The van der Waals surface area contributed by atoms with Crippen LogP contribution in [0.2, 0.25) is 0 Å². The van der Waals surface area contributed by atoms with Crippen molar-refractivity contribution < 1.29 is 23.9 Å². The molecule has 0 aromatic carbocycles. The number of carbonyl (C=O) groups is 3. The number of morpholine rings is 1. The van der Waals surface area contributed by atoms with E-state index in [9.17, 15) is 14.4 Å². The van der Waals surface area contributed by atoms with Gasteiger partial charge in [-0.2, -0.15) is 0 Å². The standard InChI is InChI=1S/C10H15ClN2O5/c1-17-9(15)4-7-6-13(2-3-18-7)10(16)12-8(14)5-11/h7H,2-6H2,1H3,(H,12,14,16). The Kier molecular flexibility index (Phi) is 5.87. The molecule has 1 heterocycles. The Morgan fingerprint density at radius 2 is 2.22 bits per heavy atom. The topological polar surface area (TPSA) is 84.9 Å². The van der Waals surface area contributed by atoms with Gasteiger partial charge in [-0.05, 0) is 0 Å². The lowest BCUT2D eigenvalue weighted by atomic mass is 10.2. The zero-order valence-corrected chi connectivity index (χ0v) is 10.7. The van der Waals surface area contributed by atoms with Crippen LogP contribution < -0.4 is 5.32 Å². The summed E-state index contributed by atoms with van der Waals surface area (Å²) in [6, 6.07) is -0.529. The molecule has 8 heteroatoms. The number of imide groups is 1. The molecule has 1 rings (SSSR count). The Morgan fingerprint density at radius 3 is 2.83 bits per heavy atom. The van der Waals surface area contributed by atoms with E-state index in [1.165, 1.54) is 12.0 Å². The van der Waals surface area contributed by atoms with Gasteiger partial charge in [0.2, 0.25) is 5.91 Å². The van der Waals surface area contributed by atoms with Crippen LogP contribution in [0.15, 0.2) is 0 Å². The molecule has 102 valence electrons. The van der Waals surface area contributed by atoms with Crippen molar-refractivity contribution in [2.24, 2.45) is 0 Å². The van der Waals surface area contributed by atoms with Gasteiger partial charge in [0.05, 0.1) is 26.2 Å². The van der Waals surface area contributed by atoms with Crippen LogP contribution in [-0.2, 0) is 19.1 Å². The minimum absolute atomic E-state index is 0.0731. The molecular weight excluding hydrogens is 264 g/mol. The summed E-state index contributed by atoms with van der Waals surface area (Å²) in [4.78, 5) is 35.1. The van der Waals surface area contributed by atoms with Gasteiger partial charge in [0.1, 0.15) is 5.88 Å². The molecule has 1 unspecified atom stereocenters. The molecule has 1 aliphatic rings. The summed E-state index contributed by atoms with van der Waals surface area (Å²) in [7, 11) is 1.29. The highest BCUT2D eigenvalue weighted by Crippen LogP contribution is 2.09. The van der Waals surface area contributed by atoms with Crippen molar-refractivity contribution in [1.29, 1.82) is 0 Å². The third-order valence-corrected chi connectivity index (χ3v) is 2.66. The first-order valence-corrected chi connectivity index (χ1v) is 5.93. The third kappa shape index (κ3) is 4.50. The Bertz CT molecular complexity index is 336. The van der Waals surface area contributed by atoms with Crippen molar-refractivity contribution in [2.45, 2.75) is 12.5 Å². The summed E-state index contributed by atoms with van der Waals surface area (Å²) >= 11 is 5.28. The van der Waals surface area contributed by atoms with Crippen LogP contribution in [-0.4, -0.2) is 61.6 Å². The monoisotopic (exact) mass is 278 g/mol. The Morgan fingerprint density at radius 1 is 1.50 bits per heavy atom. The molecule has 1 aliphatic heterocycles. The molecule has 1 N–H and O–H groups in total. The van der Waals surface area contributed by atoms with Crippen LogP contribution in [0.4, 0.5) is 4.79 Å². The van der Waals surface area contributed by atoms with Crippen LogP contribution in [0.25, 0.3) is 0 Å². The zero-order chi connectivity index (χ0) is 13.5. The first kappa shape index (κ1) is 14.7. The zero-order valence-electron chi connectivity index (χ0n) is 9.98. The Balaban J connectivity index is 2.45. The third-order valence-electron chi connectivity index (χ3n) is 2.42. The summed E-state index contributed by atoms with van der Waals surface area (Å²) < 4.78 is 9.85. The molecule has 0 aliphatic carbocycles. The van der Waals surface area contributed by atoms with E-state index in [1.54, 1.807) is 0 Å². The highest BCUT2D eigenvalue weighted by molar-refractivity contribution is 6.28. The second-order valence-corrected chi connectivity index (χ2v) is 3.97. The lowest BCUT2D eigenvalue weighted by molar-refractivity contribution is -0.145. The van der Waals surface area contributed by atoms with Crippen molar-refractivity contribution in [3.05, 3.63) is 0 Å². The number of hydrogen-bond donors (Lipinski definition) is 1. The number of nitrogens with zero attached hydrogens (tertiary/aromatic N) is 1. The molecule has 0 aromatic heterocycles. The number of methoxy groups -OCH3 is 1. The molecule has 18 heavy (non-hydrogen) atoms. The quantitative estimate of drug-likeness (QED) is 0.567. The van der Waals surface area contributed by atoms with Crippen LogP contribution in [0, 0.1) is 0 Å². The number of amides is 3. The number of rotatable bonds is 3. The lowest BCUT2D eigenvalue weighted by Crippen LogP contribution is -2.51. The van der Waals surface area contributed by atoms with E-state index < -0.39 is 24.0 Å². The van der Waals surface area contributed by atoms with E-state index in [4.69, 9.17) is 16.3 Å². The van der Waals surface area contributed by atoms with Gasteiger partial charge in [-0.15, -0.1) is 11.6 Å². The van der Waals surface area contributed by atoms with E-state index in [0.717, 1.165) is 0 Å². The number of halogens is 1. The maximum Gasteiger partial charge on any atom is 0.324 e. The average molecular weight is 279 g/mol. The van der Waals surface area contributed by atoms with Crippen LogP contribution in [0.5, 0.6) is 0 Å². The van der Waals surface area contributed by atoms with E-state index in [0.29, 0.717) is 13.2 Å². The summed E-state index contributed by atoms with van der Waals surface area (Å²) in [5.41, 5.74) is 0. The summed E-state index contributed by atoms with van der Waals surface area (Å²) in [5.74, 6) is -1.24. The molecule has 0 spiro atoms. The predicted molar refractivity (Wildman–Crippen MR) is 62.2 cm³/mol. The number of esters is 1. The van der Waals surface area contributed by atoms with E-state index in [-0.39, 0.29) is 18.8 Å². The van der Waals surface area contributed by atoms with E-state index in [1.807, 2.05) is 0 Å². The van der Waals surface area contributed by atoms with Crippen molar-refractivity contribution in [3.8, 4) is 0 Å². The van der Waals surface area contributed by atoms with Gasteiger partial charge in [0, 0.05) is 13.1 Å². The number of urea groups is 1. The summed E-state index contributed by atoms with van der Waals surface area (Å²) in [5, 5.41) is 2.13. The molecule has 1 saturated heterocycles. The van der Waals surface area contributed by atoms with E-state index >= 15 is 0 Å². The maximum atomic E-state index is 11.6. The average Bonchev–Trinajstić information content (AvgIpc) is 2.38. The molecule has 1 fully saturated rings. The van der Waals surface area contributed by atoms with Gasteiger partial charge < -0.3 is 14.4 Å². The first-order chi connectivity index (χ1) is 8.56. The minimum Gasteiger partial charge on any atom is -0.469 e. The van der Waals surface area contributed by atoms with E-state index in [2.05, 4.69) is 10.1 Å². The van der Waals surface area contributed by atoms with Crippen molar-refractivity contribution >= 4 is 29.5 Å². The van der Waals surface area contributed by atoms with Crippen LogP contribution in [0.1, 0.15) is 6.42 Å². The number of hydrogen-bond acceptors (Lipinski definition) is 5. The molecule has 1 atom stereocenters. The van der Waals surface area contributed by atoms with Gasteiger partial charge in [-0.3, -0.25) is 14.9 Å². The van der Waals surface area contributed by atoms with Gasteiger partial charge in [0.25, 0.3) is 0 Å². The molecular formula is C10H15ClN2O5. The second-order valence-electron chi connectivity index (χ2n) is 3.71. The molecule has 0 bridgehead atoms. The minimum atomic E-state index is -0.558. The van der Waals surface area contributed by atoms with Gasteiger partial charge in [0.15, 0.2) is 0 Å². The van der Waals surface area contributed by atoms with Crippen LogP contribution >= 0.6 is 11.6 Å². The van der Waals surface area contributed by atoms with Crippen LogP contribution in [0.3, 0.4) is 0 Å². The smallest absolute Gasteiger partial charge is 0.324 e. The number of nitrogens with one attached hydrogen (secondary N) is 1. The number of alkyl halides is 1. The molecule has 0 radical (unpaired) electrons. The highest BCUT2D eigenvalue weighted by Gasteiger charge is 2.26. The number of ether oxygens (including phenoxy) is 2. The first-order valence-electron chi connectivity index (χ1n) is 5.40. The number of carbonyl (C=O) groups excluding carboxylic acids is 3. The van der Waals surface area contributed by atoms with Crippen molar-refractivity contribution in [2.75, 3.05) is 32.7 Å². The Labute approximate surface area is 109 Å². The fourth-order valence-corrected chi connectivity index (χ4v) is 1.60. The highest BCUT2D eigenvalue weighted by atomic mass is 35.5. The molecule has 7 nitrogen and oxygen atoms in total. The molecule has 0 aromatic rings.